The van der Waals surface area contributed by atoms with Crippen LogP contribution in [0.5, 0.6) is 5.75 Å². The van der Waals surface area contributed by atoms with Gasteiger partial charge in [-0.1, -0.05) is 12.1 Å². The van der Waals surface area contributed by atoms with Crippen molar-refractivity contribution in [2.75, 3.05) is 6.61 Å². The third-order valence-corrected chi connectivity index (χ3v) is 4.94. The second kappa shape index (κ2) is 5.61. The van der Waals surface area contributed by atoms with E-state index in [1.54, 1.807) is 11.3 Å². The average Bonchev–Trinajstić information content (AvgIpc) is 2.82. The van der Waals surface area contributed by atoms with Crippen molar-refractivity contribution in [2.24, 2.45) is 0 Å². The molecule has 0 saturated heterocycles. The number of nitrogens with one attached hydrogen (secondary N) is 1. The Morgan fingerprint density at radius 3 is 3.21 bits per heavy atom. The molecule has 1 N–H and O–H groups in total. The van der Waals surface area contributed by atoms with Gasteiger partial charge in [0.2, 0.25) is 0 Å². The summed E-state index contributed by atoms with van der Waals surface area (Å²) in [5.41, 5.74) is 4.27. The highest BCUT2D eigenvalue weighted by Gasteiger charge is 2.22. The number of aromatic nitrogens is 1. The zero-order chi connectivity index (χ0) is 13.2. The van der Waals surface area contributed by atoms with Gasteiger partial charge in [0, 0.05) is 29.4 Å². The third kappa shape index (κ3) is 2.68. The molecule has 19 heavy (non-hydrogen) atoms. The van der Waals surface area contributed by atoms with Gasteiger partial charge in [-0.2, -0.15) is 0 Å². The molecule has 0 spiro atoms. The maximum absolute atomic E-state index is 5.75. The van der Waals surface area contributed by atoms with Gasteiger partial charge in [0.05, 0.1) is 22.3 Å². The number of rotatable bonds is 3. The van der Waals surface area contributed by atoms with Gasteiger partial charge in [-0.25, -0.2) is 4.98 Å². The standard InChI is InChI=1S/C14H15BrN2OS/c1-9-13(19-8-17-9)7-16-12-5-6-18-14-10(12)3-2-4-11(14)15/h2-4,8,12,16H,5-7H2,1H3. The second-order valence-corrected chi connectivity index (χ2v) is 6.38. The molecule has 1 aromatic heterocycles. The van der Waals surface area contributed by atoms with E-state index in [-0.39, 0.29) is 0 Å². The van der Waals surface area contributed by atoms with E-state index in [1.165, 1.54) is 10.4 Å². The van der Waals surface area contributed by atoms with E-state index in [9.17, 15) is 0 Å². The number of para-hydroxylation sites is 1. The highest BCUT2D eigenvalue weighted by atomic mass is 79.9. The first-order valence-corrected chi connectivity index (χ1v) is 7.96. The lowest BCUT2D eigenvalue weighted by Gasteiger charge is -2.27. The van der Waals surface area contributed by atoms with E-state index in [2.05, 4.69) is 45.3 Å². The summed E-state index contributed by atoms with van der Waals surface area (Å²) in [7, 11) is 0. The molecule has 0 aliphatic carbocycles. The number of halogens is 1. The summed E-state index contributed by atoms with van der Waals surface area (Å²) in [6.07, 6.45) is 1.00. The molecule has 3 rings (SSSR count). The molecule has 2 aromatic rings. The topological polar surface area (TPSA) is 34.2 Å². The minimum absolute atomic E-state index is 0.350. The van der Waals surface area contributed by atoms with Crippen LogP contribution in [0.2, 0.25) is 0 Å². The van der Waals surface area contributed by atoms with Crippen molar-refractivity contribution in [1.82, 2.24) is 10.3 Å². The van der Waals surface area contributed by atoms with Gasteiger partial charge in [-0.3, -0.25) is 0 Å². The Morgan fingerprint density at radius 1 is 1.53 bits per heavy atom. The summed E-state index contributed by atoms with van der Waals surface area (Å²) in [5.74, 6) is 0.979. The van der Waals surface area contributed by atoms with E-state index in [1.807, 2.05) is 11.6 Å². The zero-order valence-electron chi connectivity index (χ0n) is 10.6. The van der Waals surface area contributed by atoms with Gasteiger partial charge in [0.25, 0.3) is 0 Å². The number of hydrogen-bond acceptors (Lipinski definition) is 4. The third-order valence-electron chi connectivity index (χ3n) is 3.38. The number of aryl methyl sites for hydroxylation is 1. The second-order valence-electron chi connectivity index (χ2n) is 4.59. The summed E-state index contributed by atoms with van der Waals surface area (Å²) in [6.45, 7) is 3.68. The van der Waals surface area contributed by atoms with E-state index in [0.29, 0.717) is 6.04 Å². The maximum atomic E-state index is 5.75. The zero-order valence-corrected chi connectivity index (χ0v) is 13.1. The van der Waals surface area contributed by atoms with Gasteiger partial charge in [0.15, 0.2) is 0 Å². The summed E-state index contributed by atoms with van der Waals surface area (Å²) >= 11 is 5.26. The fourth-order valence-corrected chi connectivity index (χ4v) is 3.53. The molecule has 2 heterocycles. The van der Waals surface area contributed by atoms with Crippen LogP contribution in [-0.4, -0.2) is 11.6 Å². The highest BCUT2D eigenvalue weighted by Crippen LogP contribution is 2.37. The monoisotopic (exact) mass is 338 g/mol. The molecule has 1 atom stereocenters. The first-order valence-electron chi connectivity index (χ1n) is 6.29. The van der Waals surface area contributed by atoms with Crippen molar-refractivity contribution in [3.63, 3.8) is 0 Å². The Hall–Kier alpha value is -0.910. The number of thiazole rings is 1. The first kappa shape index (κ1) is 13.1. The number of nitrogens with zero attached hydrogens (tertiary/aromatic N) is 1. The van der Waals surface area contributed by atoms with Crippen LogP contribution >= 0.6 is 27.3 Å². The molecule has 0 fully saturated rings. The highest BCUT2D eigenvalue weighted by molar-refractivity contribution is 9.10. The van der Waals surface area contributed by atoms with E-state index >= 15 is 0 Å². The SMILES string of the molecule is Cc1ncsc1CNC1CCOc2c(Br)cccc21. The van der Waals surface area contributed by atoms with E-state index < -0.39 is 0 Å². The summed E-state index contributed by atoms with van der Waals surface area (Å²) in [5, 5.41) is 3.62. The van der Waals surface area contributed by atoms with E-state index in [0.717, 1.165) is 35.5 Å². The Morgan fingerprint density at radius 2 is 2.42 bits per heavy atom. The van der Waals surface area contributed by atoms with Gasteiger partial charge in [0.1, 0.15) is 5.75 Å². The molecule has 1 aliphatic rings. The van der Waals surface area contributed by atoms with Crippen molar-refractivity contribution >= 4 is 27.3 Å². The van der Waals surface area contributed by atoms with Crippen molar-refractivity contribution in [3.8, 4) is 5.75 Å². The fourth-order valence-electron chi connectivity index (χ4n) is 2.31. The van der Waals surface area contributed by atoms with E-state index in [4.69, 9.17) is 4.74 Å². The van der Waals surface area contributed by atoms with Crippen molar-refractivity contribution in [2.45, 2.75) is 25.9 Å². The van der Waals surface area contributed by atoms with Crippen molar-refractivity contribution < 1.29 is 4.74 Å². The predicted molar refractivity (Wildman–Crippen MR) is 80.7 cm³/mol. The van der Waals surface area contributed by atoms with Gasteiger partial charge < -0.3 is 10.1 Å². The van der Waals surface area contributed by atoms with Crippen LogP contribution in [0.1, 0.15) is 28.6 Å². The van der Waals surface area contributed by atoms with Crippen LogP contribution in [-0.2, 0) is 6.54 Å². The summed E-state index contributed by atoms with van der Waals surface area (Å²) < 4.78 is 6.78. The largest absolute Gasteiger partial charge is 0.492 e. The molecule has 5 heteroatoms. The number of hydrogen-bond donors (Lipinski definition) is 1. The molecular weight excluding hydrogens is 324 g/mol. The number of fused-ring (bicyclic) bond motifs is 1. The molecule has 0 radical (unpaired) electrons. The Bertz CT molecular complexity index is 585. The maximum Gasteiger partial charge on any atom is 0.138 e. The van der Waals surface area contributed by atoms with Gasteiger partial charge in [-0.15, -0.1) is 11.3 Å². The number of benzene rings is 1. The predicted octanol–water partition coefficient (Wildman–Crippen LogP) is 3.83. The van der Waals surface area contributed by atoms with Crippen LogP contribution in [0.25, 0.3) is 0 Å². The number of ether oxygens (including phenoxy) is 1. The van der Waals surface area contributed by atoms with Crippen LogP contribution < -0.4 is 10.1 Å². The van der Waals surface area contributed by atoms with Crippen LogP contribution in [0.4, 0.5) is 0 Å². The van der Waals surface area contributed by atoms with Gasteiger partial charge >= 0.3 is 0 Å². The lowest BCUT2D eigenvalue weighted by molar-refractivity contribution is 0.250. The van der Waals surface area contributed by atoms with Gasteiger partial charge in [-0.05, 0) is 28.9 Å². The van der Waals surface area contributed by atoms with Crippen molar-refractivity contribution in [3.05, 3.63) is 44.3 Å². The quantitative estimate of drug-likeness (QED) is 0.923. The smallest absolute Gasteiger partial charge is 0.138 e. The Balaban J connectivity index is 1.77. The summed E-state index contributed by atoms with van der Waals surface area (Å²) in [4.78, 5) is 5.59. The minimum atomic E-state index is 0.350. The molecule has 1 aromatic carbocycles. The normalized spacial score (nSPS) is 17.9. The molecule has 0 bridgehead atoms. The van der Waals surface area contributed by atoms with Crippen LogP contribution in [0, 0.1) is 6.92 Å². The Labute approximate surface area is 125 Å². The molecule has 0 amide bonds. The fraction of sp³-hybridized carbons (Fsp3) is 0.357. The minimum Gasteiger partial charge on any atom is -0.492 e. The molecule has 3 nitrogen and oxygen atoms in total. The molecule has 1 aliphatic heterocycles. The Kier molecular flexibility index (Phi) is 3.86. The average molecular weight is 339 g/mol. The lowest BCUT2D eigenvalue weighted by atomic mass is 10.0. The lowest BCUT2D eigenvalue weighted by Crippen LogP contribution is -2.26. The van der Waals surface area contributed by atoms with Crippen molar-refractivity contribution in [1.29, 1.82) is 0 Å². The molecule has 100 valence electrons. The molecule has 1 unspecified atom stereocenters. The first-order chi connectivity index (χ1) is 9.25. The molecule has 0 saturated carbocycles. The van der Waals surface area contributed by atoms with Crippen LogP contribution in [0.15, 0.2) is 28.2 Å². The summed E-state index contributed by atoms with van der Waals surface area (Å²) in [6, 6.07) is 6.57. The van der Waals surface area contributed by atoms with Crippen LogP contribution in [0.3, 0.4) is 0 Å². The molecular formula is C14H15BrN2OS.